The van der Waals surface area contributed by atoms with Crippen LogP contribution in [-0.4, -0.2) is 37.3 Å². The highest BCUT2D eigenvalue weighted by Crippen LogP contribution is 2.33. The van der Waals surface area contributed by atoms with Crippen molar-refractivity contribution < 1.29 is 8.42 Å². The van der Waals surface area contributed by atoms with Crippen molar-refractivity contribution in [3.05, 3.63) is 82.2 Å². The lowest BCUT2D eigenvalue weighted by molar-refractivity contribution is 0.599. The van der Waals surface area contributed by atoms with Gasteiger partial charge in [0.2, 0.25) is 10.0 Å². The maximum atomic E-state index is 12.5. The van der Waals surface area contributed by atoms with Gasteiger partial charge in [-0.1, -0.05) is 35.9 Å². The van der Waals surface area contributed by atoms with Crippen molar-refractivity contribution in [3.8, 4) is 11.1 Å². The number of nitrogens with zero attached hydrogens (tertiary/aromatic N) is 4. The predicted octanol–water partition coefficient (Wildman–Crippen LogP) is 4.56. The van der Waals surface area contributed by atoms with Crippen LogP contribution in [0.5, 0.6) is 0 Å². The quantitative estimate of drug-likeness (QED) is 0.415. The molecule has 0 spiro atoms. The van der Waals surface area contributed by atoms with Crippen molar-refractivity contribution in [1.29, 1.82) is 0 Å². The minimum absolute atomic E-state index is 0.195. The number of halogens is 1. The van der Waals surface area contributed by atoms with Gasteiger partial charge in [-0.2, -0.15) is 4.98 Å². The number of sulfonamides is 1. The minimum atomic E-state index is -3.21. The zero-order chi connectivity index (χ0) is 24.0. The van der Waals surface area contributed by atoms with Crippen LogP contribution in [-0.2, 0) is 17.1 Å². The lowest BCUT2D eigenvalue weighted by atomic mass is 10.0. The van der Waals surface area contributed by atoms with Crippen LogP contribution in [0.4, 0.5) is 17.2 Å². The highest BCUT2D eigenvalue weighted by atomic mass is 35.5. The molecule has 7 nitrogen and oxygen atoms in total. The summed E-state index contributed by atoms with van der Waals surface area (Å²) in [6.45, 7) is 0.519. The van der Waals surface area contributed by atoms with Gasteiger partial charge < -0.3 is 4.90 Å². The Morgan fingerprint density at radius 3 is 2.47 bits per heavy atom. The largest absolute Gasteiger partial charge is 0.349 e. The van der Waals surface area contributed by atoms with Gasteiger partial charge in [0, 0.05) is 36.7 Å². The zero-order valence-electron chi connectivity index (χ0n) is 18.8. The SMILES string of the molecule is CN(c1cccc(-c2ccc(N3CCCS3(=O)=O)cc2)c1)c1nc(=O)n(C)c2cc(Cl)ccc12. The lowest BCUT2D eigenvalue weighted by Gasteiger charge is -2.21. The van der Waals surface area contributed by atoms with Crippen LogP contribution in [0.15, 0.2) is 71.5 Å². The highest BCUT2D eigenvalue weighted by Gasteiger charge is 2.28. The minimum Gasteiger partial charge on any atom is -0.329 e. The summed E-state index contributed by atoms with van der Waals surface area (Å²) in [5.41, 5.74) is 3.82. The molecular weight excluding hydrogens is 472 g/mol. The van der Waals surface area contributed by atoms with E-state index in [0.29, 0.717) is 35.0 Å². The highest BCUT2D eigenvalue weighted by molar-refractivity contribution is 7.93. The van der Waals surface area contributed by atoms with Crippen molar-refractivity contribution in [2.45, 2.75) is 6.42 Å². The van der Waals surface area contributed by atoms with E-state index < -0.39 is 10.0 Å². The van der Waals surface area contributed by atoms with Crippen molar-refractivity contribution in [2.24, 2.45) is 7.05 Å². The summed E-state index contributed by atoms with van der Waals surface area (Å²) in [7, 11) is 0.338. The molecule has 2 heterocycles. The summed E-state index contributed by atoms with van der Waals surface area (Å²) in [5.74, 6) is 0.738. The van der Waals surface area contributed by atoms with Gasteiger partial charge in [-0.05, 0) is 60.0 Å². The molecule has 1 saturated heterocycles. The van der Waals surface area contributed by atoms with E-state index in [1.807, 2.05) is 66.5 Å². The fourth-order valence-corrected chi connectivity index (χ4v) is 6.05. The molecule has 1 fully saturated rings. The van der Waals surface area contributed by atoms with E-state index >= 15 is 0 Å². The summed E-state index contributed by atoms with van der Waals surface area (Å²) in [5, 5.41) is 1.37. The number of fused-ring (bicyclic) bond motifs is 1. The monoisotopic (exact) mass is 494 g/mol. The Labute approximate surface area is 202 Å². The van der Waals surface area contributed by atoms with E-state index in [9.17, 15) is 13.2 Å². The Bertz CT molecular complexity index is 1570. The molecule has 0 radical (unpaired) electrons. The van der Waals surface area contributed by atoms with Gasteiger partial charge in [-0.3, -0.25) is 8.87 Å². The number of aryl methyl sites for hydroxylation is 1. The first-order chi connectivity index (χ1) is 16.2. The summed E-state index contributed by atoms with van der Waals surface area (Å²) < 4.78 is 27.4. The van der Waals surface area contributed by atoms with Crippen molar-refractivity contribution in [3.63, 3.8) is 0 Å². The first-order valence-corrected chi connectivity index (χ1v) is 12.8. The molecule has 0 N–H and O–H groups in total. The van der Waals surface area contributed by atoms with Gasteiger partial charge in [0.25, 0.3) is 0 Å². The van der Waals surface area contributed by atoms with Crippen LogP contribution in [0.25, 0.3) is 22.0 Å². The smallest absolute Gasteiger partial charge is 0.329 e. The van der Waals surface area contributed by atoms with Crippen molar-refractivity contribution in [2.75, 3.05) is 28.6 Å². The maximum absolute atomic E-state index is 12.5. The first kappa shape index (κ1) is 22.4. The molecule has 34 heavy (non-hydrogen) atoms. The molecule has 174 valence electrons. The third kappa shape index (κ3) is 3.93. The Balaban J connectivity index is 1.51. The lowest BCUT2D eigenvalue weighted by Crippen LogP contribution is -2.24. The third-order valence-corrected chi connectivity index (χ3v) is 8.29. The Kier molecular flexibility index (Phi) is 5.58. The van der Waals surface area contributed by atoms with Crippen LogP contribution >= 0.6 is 11.6 Å². The summed E-state index contributed by atoms with van der Waals surface area (Å²) >= 11 is 6.16. The molecule has 9 heteroatoms. The fraction of sp³-hybridized carbons (Fsp3) is 0.200. The predicted molar refractivity (Wildman–Crippen MR) is 138 cm³/mol. The second-order valence-corrected chi connectivity index (χ2v) is 10.8. The molecule has 1 aliphatic rings. The molecule has 0 bridgehead atoms. The van der Waals surface area contributed by atoms with Gasteiger partial charge in [-0.25, -0.2) is 13.2 Å². The van der Waals surface area contributed by atoms with Crippen LogP contribution in [0, 0.1) is 0 Å². The molecule has 3 aromatic carbocycles. The van der Waals surface area contributed by atoms with Gasteiger partial charge in [0.05, 0.1) is 17.0 Å². The first-order valence-electron chi connectivity index (χ1n) is 10.9. The molecule has 0 unspecified atom stereocenters. The second kappa shape index (κ2) is 8.45. The number of anilines is 3. The molecule has 5 rings (SSSR count). The van der Waals surface area contributed by atoms with Crippen molar-refractivity contribution in [1.82, 2.24) is 9.55 Å². The summed E-state index contributed by atoms with van der Waals surface area (Å²) in [6, 6.07) is 20.9. The van der Waals surface area contributed by atoms with Crippen LogP contribution in [0.1, 0.15) is 6.42 Å². The van der Waals surface area contributed by atoms with E-state index in [1.54, 1.807) is 19.2 Å². The summed E-state index contributed by atoms with van der Waals surface area (Å²) in [6.07, 6.45) is 0.649. The number of hydrogen-bond acceptors (Lipinski definition) is 5. The average Bonchev–Trinajstić information content (AvgIpc) is 3.20. The van der Waals surface area contributed by atoms with Crippen LogP contribution in [0.3, 0.4) is 0 Å². The van der Waals surface area contributed by atoms with Gasteiger partial charge in [-0.15, -0.1) is 0 Å². The number of hydrogen-bond donors (Lipinski definition) is 0. The molecule has 0 aliphatic carbocycles. The van der Waals surface area contributed by atoms with Gasteiger partial charge in [0.1, 0.15) is 5.82 Å². The van der Waals surface area contributed by atoms with Gasteiger partial charge in [0.15, 0.2) is 0 Å². The van der Waals surface area contributed by atoms with Crippen LogP contribution in [0.2, 0.25) is 5.02 Å². The number of rotatable bonds is 4. The molecule has 1 aliphatic heterocycles. The van der Waals surface area contributed by atoms with E-state index in [1.165, 1.54) is 8.87 Å². The Morgan fingerprint density at radius 1 is 1.00 bits per heavy atom. The molecule has 4 aromatic rings. The summed E-state index contributed by atoms with van der Waals surface area (Å²) in [4.78, 5) is 18.7. The molecule has 0 saturated carbocycles. The molecule has 1 aromatic heterocycles. The Morgan fingerprint density at radius 2 is 1.76 bits per heavy atom. The van der Waals surface area contributed by atoms with E-state index in [4.69, 9.17) is 11.6 Å². The average molecular weight is 495 g/mol. The molecule has 0 amide bonds. The fourth-order valence-electron chi connectivity index (χ4n) is 4.32. The zero-order valence-corrected chi connectivity index (χ0v) is 20.3. The number of aromatic nitrogens is 2. The molecule has 0 atom stereocenters. The maximum Gasteiger partial charge on any atom is 0.349 e. The van der Waals surface area contributed by atoms with Gasteiger partial charge >= 0.3 is 5.69 Å². The van der Waals surface area contributed by atoms with E-state index in [-0.39, 0.29) is 11.4 Å². The Hall–Kier alpha value is -3.36. The number of benzene rings is 3. The topological polar surface area (TPSA) is 75.5 Å². The second-order valence-electron chi connectivity index (χ2n) is 8.34. The molecular formula is C25H23ClN4O3S. The van der Waals surface area contributed by atoms with E-state index in [0.717, 1.165) is 22.2 Å². The third-order valence-electron chi connectivity index (χ3n) is 6.19. The van der Waals surface area contributed by atoms with E-state index in [2.05, 4.69) is 4.98 Å². The standard InChI is InChI=1S/C25H23ClN4O3S/c1-28(24-22-12-9-19(26)16-23(22)29(2)25(31)27-24)21-6-3-5-18(15-21)17-7-10-20(11-8-17)30-13-4-14-34(30,32)33/h3,5-12,15-16H,4,13-14H2,1-2H3. The van der Waals surface area contributed by atoms with Crippen molar-refractivity contribution >= 4 is 49.7 Å². The normalized spacial score (nSPS) is 15.1. The van der Waals surface area contributed by atoms with Crippen LogP contribution < -0.4 is 14.9 Å².